The van der Waals surface area contributed by atoms with E-state index in [1.807, 2.05) is 0 Å². The van der Waals surface area contributed by atoms with Gasteiger partial charge in [0.05, 0.1) is 0 Å². The Bertz CT molecular complexity index is 737. The lowest BCUT2D eigenvalue weighted by molar-refractivity contribution is -0.121. The molecule has 0 spiro atoms. The molecule has 0 saturated carbocycles. The van der Waals surface area contributed by atoms with Crippen molar-refractivity contribution in [2.45, 2.75) is 19.4 Å². The summed E-state index contributed by atoms with van der Waals surface area (Å²) in [4.78, 5) is 17.0. The third kappa shape index (κ3) is 4.61. The Hall–Kier alpha value is -2.40. The summed E-state index contributed by atoms with van der Waals surface area (Å²) in [5.74, 6) is -0.250. The standard InChI is InChI=1S/C21H26FN3O/c1-24(2)20-6-4-3-5-17(20)15-25-13-11-16(12-14-25)21(26)23-19-9-7-18(22)8-10-19/h3-10,16H,11-15H2,1-2H3,(H,23,26). The van der Waals surface area contributed by atoms with E-state index in [0.29, 0.717) is 5.69 Å². The highest BCUT2D eigenvalue weighted by atomic mass is 19.1. The summed E-state index contributed by atoms with van der Waals surface area (Å²) in [6.45, 7) is 2.72. The number of carbonyl (C=O) groups is 1. The molecule has 5 heteroatoms. The van der Waals surface area contributed by atoms with Gasteiger partial charge in [-0.15, -0.1) is 0 Å². The zero-order valence-corrected chi connectivity index (χ0v) is 15.4. The predicted octanol–water partition coefficient (Wildman–Crippen LogP) is 3.74. The lowest BCUT2D eigenvalue weighted by Gasteiger charge is -2.32. The largest absolute Gasteiger partial charge is 0.377 e. The van der Waals surface area contributed by atoms with Crippen molar-refractivity contribution in [1.29, 1.82) is 0 Å². The van der Waals surface area contributed by atoms with Crippen molar-refractivity contribution in [2.24, 2.45) is 5.92 Å². The van der Waals surface area contributed by atoms with Gasteiger partial charge in [-0.3, -0.25) is 9.69 Å². The lowest BCUT2D eigenvalue weighted by atomic mass is 9.95. The van der Waals surface area contributed by atoms with Crippen LogP contribution in [0.3, 0.4) is 0 Å². The lowest BCUT2D eigenvalue weighted by Crippen LogP contribution is -2.38. The van der Waals surface area contributed by atoms with Gasteiger partial charge in [-0.05, 0) is 61.8 Å². The molecule has 0 aromatic heterocycles. The van der Waals surface area contributed by atoms with Crippen LogP contribution in [0, 0.1) is 11.7 Å². The Balaban J connectivity index is 1.53. The minimum absolute atomic E-state index is 0.0143. The van der Waals surface area contributed by atoms with Crippen LogP contribution >= 0.6 is 0 Å². The maximum absolute atomic E-state index is 13.0. The molecule has 1 fully saturated rings. The van der Waals surface area contributed by atoms with Crippen LogP contribution in [0.2, 0.25) is 0 Å². The average molecular weight is 355 g/mol. The predicted molar refractivity (Wildman–Crippen MR) is 104 cm³/mol. The Morgan fingerprint density at radius 1 is 1.12 bits per heavy atom. The smallest absolute Gasteiger partial charge is 0.227 e. The normalized spacial score (nSPS) is 15.7. The second-order valence-corrected chi connectivity index (χ2v) is 7.07. The fraction of sp³-hybridized carbons (Fsp3) is 0.381. The number of hydrogen-bond acceptors (Lipinski definition) is 3. The molecule has 1 aliphatic heterocycles. The van der Waals surface area contributed by atoms with Gasteiger partial charge in [-0.25, -0.2) is 4.39 Å². The van der Waals surface area contributed by atoms with Gasteiger partial charge in [0.15, 0.2) is 0 Å². The van der Waals surface area contributed by atoms with Crippen LogP contribution in [0.1, 0.15) is 18.4 Å². The van der Waals surface area contributed by atoms with Gasteiger partial charge in [0, 0.05) is 37.9 Å². The minimum atomic E-state index is -0.297. The number of nitrogens with one attached hydrogen (secondary N) is 1. The first-order valence-corrected chi connectivity index (χ1v) is 9.07. The number of para-hydroxylation sites is 1. The summed E-state index contributed by atoms with van der Waals surface area (Å²) in [5, 5.41) is 2.90. The highest BCUT2D eigenvalue weighted by Gasteiger charge is 2.25. The van der Waals surface area contributed by atoms with Crippen molar-refractivity contribution < 1.29 is 9.18 Å². The molecule has 3 rings (SSSR count). The summed E-state index contributed by atoms with van der Waals surface area (Å²) < 4.78 is 13.0. The summed E-state index contributed by atoms with van der Waals surface area (Å²) in [6, 6.07) is 14.4. The van der Waals surface area contributed by atoms with Crippen molar-refractivity contribution in [2.75, 3.05) is 37.4 Å². The number of rotatable bonds is 5. The molecule has 0 radical (unpaired) electrons. The van der Waals surface area contributed by atoms with E-state index in [4.69, 9.17) is 0 Å². The first kappa shape index (κ1) is 18.4. The van der Waals surface area contributed by atoms with Gasteiger partial charge < -0.3 is 10.2 Å². The number of carbonyl (C=O) groups excluding carboxylic acids is 1. The van der Waals surface area contributed by atoms with Crippen molar-refractivity contribution in [3.05, 3.63) is 59.9 Å². The van der Waals surface area contributed by atoms with E-state index in [2.05, 4.69) is 53.5 Å². The van der Waals surface area contributed by atoms with Gasteiger partial charge >= 0.3 is 0 Å². The van der Waals surface area contributed by atoms with E-state index in [1.54, 1.807) is 12.1 Å². The number of anilines is 2. The van der Waals surface area contributed by atoms with Crippen molar-refractivity contribution in [1.82, 2.24) is 4.90 Å². The fourth-order valence-corrected chi connectivity index (χ4v) is 3.45. The number of likely N-dealkylation sites (tertiary alicyclic amines) is 1. The van der Waals surface area contributed by atoms with E-state index in [1.165, 1.54) is 23.4 Å². The summed E-state index contributed by atoms with van der Waals surface area (Å²) in [6.07, 6.45) is 1.69. The van der Waals surface area contributed by atoms with E-state index < -0.39 is 0 Å². The maximum Gasteiger partial charge on any atom is 0.227 e. The Labute approximate surface area is 154 Å². The van der Waals surface area contributed by atoms with Crippen LogP contribution in [0.4, 0.5) is 15.8 Å². The Morgan fingerprint density at radius 3 is 2.42 bits per heavy atom. The third-order valence-electron chi connectivity index (χ3n) is 4.94. The van der Waals surface area contributed by atoms with E-state index in [0.717, 1.165) is 32.5 Å². The van der Waals surface area contributed by atoms with Gasteiger partial charge in [0.1, 0.15) is 5.82 Å². The topological polar surface area (TPSA) is 35.6 Å². The van der Waals surface area contributed by atoms with Crippen molar-refractivity contribution >= 4 is 17.3 Å². The molecule has 1 N–H and O–H groups in total. The third-order valence-corrected chi connectivity index (χ3v) is 4.94. The van der Waals surface area contributed by atoms with Gasteiger partial charge in [0.25, 0.3) is 0 Å². The Morgan fingerprint density at radius 2 is 1.77 bits per heavy atom. The molecule has 1 heterocycles. The number of nitrogens with zero attached hydrogens (tertiary/aromatic N) is 2. The quantitative estimate of drug-likeness (QED) is 0.887. The number of benzene rings is 2. The summed E-state index contributed by atoms with van der Waals surface area (Å²) >= 11 is 0. The van der Waals surface area contributed by atoms with Gasteiger partial charge in [-0.2, -0.15) is 0 Å². The molecule has 2 aromatic carbocycles. The molecule has 26 heavy (non-hydrogen) atoms. The summed E-state index contributed by atoms with van der Waals surface area (Å²) in [7, 11) is 4.12. The molecular weight excluding hydrogens is 329 g/mol. The molecule has 138 valence electrons. The molecule has 0 unspecified atom stereocenters. The highest BCUT2D eigenvalue weighted by Crippen LogP contribution is 2.24. The molecular formula is C21H26FN3O. The zero-order valence-electron chi connectivity index (χ0n) is 15.4. The fourth-order valence-electron chi connectivity index (χ4n) is 3.45. The molecule has 1 aliphatic rings. The molecule has 0 aliphatic carbocycles. The monoisotopic (exact) mass is 355 g/mol. The molecule has 1 saturated heterocycles. The van der Waals surface area contributed by atoms with E-state index >= 15 is 0 Å². The van der Waals surface area contributed by atoms with Crippen LogP contribution < -0.4 is 10.2 Å². The first-order valence-electron chi connectivity index (χ1n) is 9.07. The number of hydrogen-bond donors (Lipinski definition) is 1. The number of halogens is 1. The van der Waals surface area contributed by atoms with Gasteiger partial charge in [0.2, 0.25) is 5.91 Å². The van der Waals surface area contributed by atoms with Crippen LogP contribution in [0.5, 0.6) is 0 Å². The number of piperidine rings is 1. The minimum Gasteiger partial charge on any atom is -0.377 e. The second-order valence-electron chi connectivity index (χ2n) is 7.07. The molecule has 2 aromatic rings. The second kappa shape index (κ2) is 8.32. The van der Waals surface area contributed by atoms with Crippen LogP contribution in [-0.2, 0) is 11.3 Å². The SMILES string of the molecule is CN(C)c1ccccc1CN1CCC(C(=O)Nc2ccc(F)cc2)CC1. The molecule has 1 amide bonds. The molecule has 0 atom stereocenters. The molecule has 4 nitrogen and oxygen atoms in total. The van der Waals surface area contributed by atoms with Crippen LogP contribution in [0.25, 0.3) is 0 Å². The highest BCUT2D eigenvalue weighted by molar-refractivity contribution is 5.92. The maximum atomic E-state index is 13.0. The van der Waals surface area contributed by atoms with E-state index in [-0.39, 0.29) is 17.6 Å². The van der Waals surface area contributed by atoms with Crippen LogP contribution in [0.15, 0.2) is 48.5 Å². The van der Waals surface area contributed by atoms with Gasteiger partial charge in [-0.1, -0.05) is 18.2 Å². The zero-order chi connectivity index (χ0) is 18.5. The summed E-state index contributed by atoms with van der Waals surface area (Å²) in [5.41, 5.74) is 3.20. The molecule has 0 bridgehead atoms. The first-order chi connectivity index (χ1) is 12.5. The van der Waals surface area contributed by atoms with Crippen LogP contribution in [-0.4, -0.2) is 38.0 Å². The van der Waals surface area contributed by atoms with Crippen molar-refractivity contribution in [3.8, 4) is 0 Å². The van der Waals surface area contributed by atoms with Crippen molar-refractivity contribution in [3.63, 3.8) is 0 Å². The van der Waals surface area contributed by atoms with E-state index in [9.17, 15) is 9.18 Å². The average Bonchev–Trinajstić information content (AvgIpc) is 2.64. The number of amides is 1. The Kier molecular flexibility index (Phi) is 5.89.